The van der Waals surface area contributed by atoms with E-state index in [0.717, 1.165) is 6.07 Å². The molecule has 1 rings (SSSR count). The number of aromatic hydroxyl groups is 1. The molecule has 3 nitrogen and oxygen atoms in total. The molecule has 16 heavy (non-hydrogen) atoms. The van der Waals surface area contributed by atoms with Crippen molar-refractivity contribution in [3.05, 3.63) is 29.6 Å². The molecule has 84 valence electrons. The second kappa shape index (κ2) is 4.23. The van der Waals surface area contributed by atoms with E-state index in [1.165, 1.54) is 12.1 Å². The summed E-state index contributed by atoms with van der Waals surface area (Å²) in [5.74, 6) is 0.740. The number of phenols is 1. The lowest BCUT2D eigenvalue weighted by Crippen LogP contribution is -2.42. The molecule has 0 saturated carbocycles. The molecule has 0 heterocycles. The van der Waals surface area contributed by atoms with Crippen molar-refractivity contribution in [1.82, 2.24) is 5.32 Å². The van der Waals surface area contributed by atoms with Crippen molar-refractivity contribution in [2.45, 2.75) is 19.4 Å². The SMILES string of the molecule is C#CC(C)(C)NC(=O)c1ccc(O)cc1F. The minimum atomic E-state index is -0.846. The van der Waals surface area contributed by atoms with Crippen molar-refractivity contribution < 1.29 is 14.3 Å². The van der Waals surface area contributed by atoms with Gasteiger partial charge in [-0.25, -0.2) is 4.39 Å². The Kier molecular flexibility index (Phi) is 3.19. The minimum absolute atomic E-state index is 0.152. The predicted octanol–water partition coefficient (Wildman–Crippen LogP) is 1.67. The van der Waals surface area contributed by atoms with E-state index >= 15 is 0 Å². The Morgan fingerprint density at radius 1 is 1.56 bits per heavy atom. The van der Waals surface area contributed by atoms with Crippen LogP contribution in [0.25, 0.3) is 0 Å². The third-order valence-corrected chi connectivity index (χ3v) is 1.98. The molecule has 1 aromatic carbocycles. The van der Waals surface area contributed by atoms with Gasteiger partial charge in [-0.15, -0.1) is 6.42 Å². The van der Waals surface area contributed by atoms with Gasteiger partial charge in [0.05, 0.1) is 11.1 Å². The summed E-state index contributed by atoms with van der Waals surface area (Å²) in [6, 6.07) is 3.31. The summed E-state index contributed by atoms with van der Waals surface area (Å²) >= 11 is 0. The summed E-state index contributed by atoms with van der Waals surface area (Å²) < 4.78 is 13.3. The van der Waals surface area contributed by atoms with Crippen LogP contribution in [-0.2, 0) is 0 Å². The van der Waals surface area contributed by atoms with Crippen molar-refractivity contribution >= 4 is 5.91 Å². The number of rotatable bonds is 2. The van der Waals surface area contributed by atoms with Crippen molar-refractivity contribution in [3.8, 4) is 18.1 Å². The van der Waals surface area contributed by atoms with Crippen LogP contribution in [0.3, 0.4) is 0 Å². The highest BCUT2D eigenvalue weighted by atomic mass is 19.1. The van der Waals surface area contributed by atoms with Gasteiger partial charge in [0.25, 0.3) is 5.91 Å². The number of nitrogens with one attached hydrogen (secondary N) is 1. The fourth-order valence-corrected chi connectivity index (χ4v) is 1.08. The Labute approximate surface area is 93.3 Å². The molecule has 1 amide bonds. The summed E-state index contributed by atoms with van der Waals surface area (Å²) in [7, 11) is 0. The van der Waals surface area contributed by atoms with E-state index < -0.39 is 17.3 Å². The lowest BCUT2D eigenvalue weighted by atomic mass is 10.1. The zero-order valence-electron chi connectivity index (χ0n) is 9.04. The van der Waals surface area contributed by atoms with E-state index in [9.17, 15) is 9.18 Å². The Bertz CT molecular complexity index is 461. The van der Waals surface area contributed by atoms with Crippen LogP contribution in [0.1, 0.15) is 24.2 Å². The lowest BCUT2D eigenvalue weighted by molar-refractivity contribution is 0.0926. The fourth-order valence-electron chi connectivity index (χ4n) is 1.08. The van der Waals surface area contributed by atoms with E-state index in [2.05, 4.69) is 11.2 Å². The first kappa shape index (κ1) is 12.1. The number of carbonyl (C=O) groups is 1. The number of amides is 1. The van der Waals surface area contributed by atoms with E-state index in [4.69, 9.17) is 11.5 Å². The van der Waals surface area contributed by atoms with Gasteiger partial charge >= 0.3 is 0 Å². The van der Waals surface area contributed by atoms with Crippen LogP contribution in [0.5, 0.6) is 5.75 Å². The van der Waals surface area contributed by atoms with E-state index in [1.54, 1.807) is 13.8 Å². The summed E-state index contributed by atoms with van der Waals surface area (Å²) in [6.45, 7) is 3.26. The number of benzene rings is 1. The summed E-state index contributed by atoms with van der Waals surface area (Å²) in [5, 5.41) is 11.5. The van der Waals surface area contributed by atoms with Gasteiger partial charge in [-0.3, -0.25) is 4.79 Å². The third kappa shape index (κ3) is 2.74. The highest BCUT2D eigenvalue weighted by Crippen LogP contribution is 2.15. The van der Waals surface area contributed by atoms with Gasteiger partial charge in [-0.2, -0.15) is 0 Å². The van der Waals surface area contributed by atoms with Crippen molar-refractivity contribution in [1.29, 1.82) is 0 Å². The lowest BCUT2D eigenvalue weighted by Gasteiger charge is -2.19. The number of terminal acetylenes is 1. The normalized spacial score (nSPS) is 10.6. The Hall–Kier alpha value is -2.02. The largest absolute Gasteiger partial charge is 0.508 e. The monoisotopic (exact) mass is 221 g/mol. The molecule has 0 saturated heterocycles. The van der Waals surface area contributed by atoms with Crippen LogP contribution in [0.2, 0.25) is 0 Å². The van der Waals surface area contributed by atoms with E-state index in [-0.39, 0.29) is 11.3 Å². The van der Waals surface area contributed by atoms with Crippen LogP contribution in [0.15, 0.2) is 18.2 Å². The summed E-state index contributed by atoms with van der Waals surface area (Å²) in [4.78, 5) is 11.6. The maximum absolute atomic E-state index is 13.3. The fraction of sp³-hybridized carbons (Fsp3) is 0.250. The number of phenolic OH excluding ortho intramolecular Hbond substituents is 1. The topological polar surface area (TPSA) is 49.3 Å². The summed E-state index contributed by atoms with van der Waals surface area (Å²) in [5.41, 5.74) is -0.998. The first-order valence-electron chi connectivity index (χ1n) is 4.64. The zero-order valence-corrected chi connectivity index (χ0v) is 9.04. The average molecular weight is 221 g/mol. The van der Waals surface area contributed by atoms with Gasteiger partial charge < -0.3 is 10.4 Å². The van der Waals surface area contributed by atoms with Gasteiger partial charge in [-0.1, -0.05) is 5.92 Å². The maximum Gasteiger partial charge on any atom is 0.255 e. The molecule has 0 spiro atoms. The first-order chi connectivity index (χ1) is 7.35. The van der Waals surface area contributed by atoms with E-state index in [0.29, 0.717) is 0 Å². The molecule has 0 aromatic heterocycles. The van der Waals surface area contributed by atoms with Crippen LogP contribution in [-0.4, -0.2) is 16.6 Å². The van der Waals surface area contributed by atoms with Crippen LogP contribution >= 0.6 is 0 Å². The molecular weight excluding hydrogens is 209 g/mol. The molecule has 2 N–H and O–H groups in total. The molecule has 0 aliphatic carbocycles. The zero-order chi connectivity index (χ0) is 12.3. The van der Waals surface area contributed by atoms with Crippen molar-refractivity contribution in [3.63, 3.8) is 0 Å². The van der Waals surface area contributed by atoms with Gasteiger partial charge in [-0.05, 0) is 26.0 Å². The predicted molar refractivity (Wildman–Crippen MR) is 58.4 cm³/mol. The molecule has 0 atom stereocenters. The Morgan fingerprint density at radius 2 is 2.19 bits per heavy atom. The second-order valence-corrected chi connectivity index (χ2v) is 3.89. The van der Waals surface area contributed by atoms with Gasteiger partial charge in [0, 0.05) is 6.07 Å². The van der Waals surface area contributed by atoms with E-state index in [1.807, 2.05) is 0 Å². The van der Waals surface area contributed by atoms with Crippen LogP contribution in [0.4, 0.5) is 4.39 Å². The van der Waals surface area contributed by atoms with Crippen molar-refractivity contribution in [2.24, 2.45) is 0 Å². The molecule has 0 aliphatic rings. The molecule has 0 aliphatic heterocycles. The number of hydrogen-bond donors (Lipinski definition) is 2. The van der Waals surface area contributed by atoms with Gasteiger partial charge in [0.15, 0.2) is 0 Å². The van der Waals surface area contributed by atoms with Crippen LogP contribution in [0, 0.1) is 18.2 Å². The van der Waals surface area contributed by atoms with Gasteiger partial charge in [0.1, 0.15) is 11.6 Å². The molecule has 0 radical (unpaired) electrons. The second-order valence-electron chi connectivity index (χ2n) is 3.89. The smallest absolute Gasteiger partial charge is 0.255 e. The third-order valence-electron chi connectivity index (χ3n) is 1.98. The quantitative estimate of drug-likeness (QED) is 0.746. The highest BCUT2D eigenvalue weighted by molar-refractivity contribution is 5.95. The Balaban J connectivity index is 2.95. The molecule has 0 bridgehead atoms. The minimum Gasteiger partial charge on any atom is -0.508 e. The molecule has 1 aromatic rings. The van der Waals surface area contributed by atoms with Crippen molar-refractivity contribution in [2.75, 3.05) is 0 Å². The standard InChI is InChI=1S/C12H12FNO2/c1-4-12(2,3)14-11(16)9-6-5-8(15)7-10(9)13/h1,5-7,15H,2-3H3,(H,14,16). The maximum atomic E-state index is 13.3. The average Bonchev–Trinajstić information content (AvgIpc) is 2.16. The number of hydrogen-bond acceptors (Lipinski definition) is 2. The summed E-state index contributed by atoms with van der Waals surface area (Å²) in [6.07, 6.45) is 5.20. The van der Waals surface area contributed by atoms with Gasteiger partial charge in [0.2, 0.25) is 0 Å². The highest BCUT2D eigenvalue weighted by Gasteiger charge is 2.20. The van der Waals surface area contributed by atoms with Crippen LogP contribution < -0.4 is 5.32 Å². The molecule has 4 heteroatoms. The molecular formula is C12H12FNO2. The number of carbonyl (C=O) groups excluding carboxylic acids is 1. The first-order valence-corrected chi connectivity index (χ1v) is 4.64. The molecule has 0 fully saturated rings. The molecule has 0 unspecified atom stereocenters. The number of halogens is 1. The Morgan fingerprint density at radius 3 is 2.69 bits per heavy atom.